The largest absolute Gasteiger partial charge is 0.481 e. The van der Waals surface area contributed by atoms with Gasteiger partial charge in [-0.2, -0.15) is 0 Å². The third-order valence-corrected chi connectivity index (χ3v) is 4.73. The monoisotopic (exact) mass is 432 g/mol. The van der Waals surface area contributed by atoms with E-state index in [2.05, 4.69) is 20.6 Å². The molecule has 0 saturated carbocycles. The lowest BCUT2D eigenvalue weighted by molar-refractivity contribution is -0.137. The number of carboxylic acid groups (broad SMARTS) is 1. The summed E-state index contributed by atoms with van der Waals surface area (Å²) in [7, 11) is 0. The quantitative estimate of drug-likeness (QED) is 0.477. The van der Waals surface area contributed by atoms with E-state index in [9.17, 15) is 14.4 Å². The molecule has 1 atom stereocenters. The highest BCUT2D eigenvalue weighted by Crippen LogP contribution is 2.16. The number of carboxylic acids is 1. The number of rotatable bonds is 9. The van der Waals surface area contributed by atoms with Gasteiger partial charge in [-0.3, -0.25) is 14.4 Å². The first-order valence-corrected chi connectivity index (χ1v) is 10.2. The molecule has 0 radical (unpaired) electrons. The summed E-state index contributed by atoms with van der Waals surface area (Å²) in [5, 5.41) is 14.1. The molecular weight excluding hydrogens is 408 g/mol. The Morgan fingerprint density at radius 2 is 1.62 bits per heavy atom. The summed E-state index contributed by atoms with van der Waals surface area (Å²) >= 11 is 0. The molecule has 0 aliphatic rings. The van der Waals surface area contributed by atoms with Gasteiger partial charge >= 0.3 is 5.97 Å². The number of hydrogen-bond acceptors (Lipinski definition) is 5. The second-order valence-electron chi connectivity index (χ2n) is 7.31. The molecule has 3 aromatic rings. The minimum absolute atomic E-state index is 0.0183. The molecule has 0 fully saturated rings. The number of hydrogen-bond donors (Lipinski definition) is 3. The summed E-state index contributed by atoms with van der Waals surface area (Å²) in [5.41, 5.74) is 3.07. The minimum atomic E-state index is -1.01. The van der Waals surface area contributed by atoms with Gasteiger partial charge in [0.15, 0.2) is 5.82 Å². The summed E-state index contributed by atoms with van der Waals surface area (Å²) in [6.07, 6.45) is 3.53. The maximum Gasteiger partial charge on any atom is 0.305 e. The van der Waals surface area contributed by atoms with Crippen molar-refractivity contribution in [2.45, 2.75) is 25.8 Å². The molecule has 164 valence electrons. The second-order valence-corrected chi connectivity index (χ2v) is 7.31. The van der Waals surface area contributed by atoms with E-state index >= 15 is 0 Å². The fourth-order valence-corrected chi connectivity index (χ4v) is 3.02. The van der Waals surface area contributed by atoms with Crippen molar-refractivity contribution in [2.75, 3.05) is 6.54 Å². The summed E-state index contributed by atoms with van der Waals surface area (Å²) in [6, 6.07) is 15.2. The van der Waals surface area contributed by atoms with E-state index in [0.29, 0.717) is 11.4 Å². The van der Waals surface area contributed by atoms with Crippen LogP contribution in [-0.2, 0) is 16.0 Å². The fraction of sp³-hybridized carbons (Fsp3) is 0.208. The molecule has 1 aromatic heterocycles. The van der Waals surface area contributed by atoms with Crippen LogP contribution in [-0.4, -0.2) is 45.4 Å². The molecule has 1 heterocycles. The lowest BCUT2D eigenvalue weighted by Crippen LogP contribution is -2.48. The van der Waals surface area contributed by atoms with Crippen molar-refractivity contribution in [3.63, 3.8) is 0 Å². The van der Waals surface area contributed by atoms with Crippen molar-refractivity contribution in [3.05, 3.63) is 83.7 Å². The summed E-state index contributed by atoms with van der Waals surface area (Å²) in [5.74, 6) is -1.23. The number of carbonyl (C=O) groups excluding carboxylic acids is 2. The number of aryl methyl sites for hydroxylation is 1. The molecule has 32 heavy (non-hydrogen) atoms. The normalized spacial score (nSPS) is 11.4. The molecule has 2 amide bonds. The predicted octanol–water partition coefficient (Wildman–Crippen LogP) is 2.38. The second kappa shape index (κ2) is 10.8. The van der Waals surface area contributed by atoms with Gasteiger partial charge in [-0.1, -0.05) is 42.5 Å². The van der Waals surface area contributed by atoms with Gasteiger partial charge in [0.1, 0.15) is 6.04 Å². The Hall–Kier alpha value is -4.07. The molecule has 0 saturated heterocycles. The number of nitrogens with one attached hydrogen (secondary N) is 2. The van der Waals surface area contributed by atoms with E-state index in [1.165, 1.54) is 0 Å². The van der Waals surface area contributed by atoms with Crippen LogP contribution in [0.3, 0.4) is 0 Å². The Morgan fingerprint density at radius 1 is 0.969 bits per heavy atom. The van der Waals surface area contributed by atoms with Crippen LogP contribution in [0.5, 0.6) is 0 Å². The third-order valence-electron chi connectivity index (χ3n) is 4.73. The van der Waals surface area contributed by atoms with Crippen molar-refractivity contribution >= 4 is 17.8 Å². The minimum Gasteiger partial charge on any atom is -0.481 e. The zero-order valence-corrected chi connectivity index (χ0v) is 17.6. The van der Waals surface area contributed by atoms with Gasteiger partial charge in [-0.05, 0) is 30.2 Å². The van der Waals surface area contributed by atoms with Gasteiger partial charge in [0, 0.05) is 36.5 Å². The number of aliphatic carboxylic acids is 1. The first kappa shape index (κ1) is 22.6. The van der Waals surface area contributed by atoms with Crippen LogP contribution in [0.4, 0.5) is 0 Å². The molecule has 1 unspecified atom stereocenters. The Balaban J connectivity index is 1.73. The van der Waals surface area contributed by atoms with Crippen LogP contribution in [0.25, 0.3) is 11.4 Å². The average molecular weight is 432 g/mol. The topological polar surface area (TPSA) is 121 Å². The van der Waals surface area contributed by atoms with E-state index in [0.717, 1.165) is 16.7 Å². The highest BCUT2D eigenvalue weighted by molar-refractivity contribution is 5.97. The molecule has 0 spiro atoms. The first-order valence-electron chi connectivity index (χ1n) is 10.2. The lowest BCUT2D eigenvalue weighted by Gasteiger charge is -2.19. The molecule has 0 aliphatic carbocycles. The van der Waals surface area contributed by atoms with Gasteiger partial charge < -0.3 is 15.7 Å². The highest BCUT2D eigenvalue weighted by Gasteiger charge is 2.22. The zero-order valence-electron chi connectivity index (χ0n) is 17.6. The number of nitrogens with zero attached hydrogens (tertiary/aromatic N) is 2. The van der Waals surface area contributed by atoms with E-state index in [1.54, 1.807) is 42.7 Å². The van der Waals surface area contributed by atoms with Crippen LogP contribution in [0.15, 0.2) is 67.0 Å². The number of carbonyl (C=O) groups is 3. The fourth-order valence-electron chi connectivity index (χ4n) is 3.02. The van der Waals surface area contributed by atoms with Crippen LogP contribution in [0.1, 0.15) is 27.9 Å². The van der Waals surface area contributed by atoms with Crippen LogP contribution in [0, 0.1) is 6.92 Å². The molecular formula is C24H24N4O4. The maximum absolute atomic E-state index is 12.7. The van der Waals surface area contributed by atoms with E-state index in [-0.39, 0.29) is 25.3 Å². The number of benzene rings is 2. The highest BCUT2D eigenvalue weighted by atomic mass is 16.4. The Labute approximate surface area is 185 Å². The van der Waals surface area contributed by atoms with Crippen LogP contribution in [0.2, 0.25) is 0 Å². The Bertz CT molecular complexity index is 1070. The standard InChI is InChI=1S/C24H24N4O4/c1-16-14-26-22(27-15-16)18-9-7-17(8-10-18)13-20(24(32)25-12-11-21(29)30)28-23(31)19-5-3-2-4-6-19/h2-10,14-15,20H,11-13H2,1H3,(H,25,32)(H,28,31)(H,29,30). The maximum atomic E-state index is 12.7. The third kappa shape index (κ3) is 6.46. The van der Waals surface area contributed by atoms with Gasteiger partial charge in [0.25, 0.3) is 5.91 Å². The molecule has 0 bridgehead atoms. The van der Waals surface area contributed by atoms with Gasteiger partial charge in [0.2, 0.25) is 5.91 Å². The predicted molar refractivity (Wildman–Crippen MR) is 119 cm³/mol. The first-order chi connectivity index (χ1) is 15.4. The van der Waals surface area contributed by atoms with Gasteiger partial charge in [-0.15, -0.1) is 0 Å². The zero-order chi connectivity index (χ0) is 22.9. The van der Waals surface area contributed by atoms with Gasteiger partial charge in [-0.25, -0.2) is 9.97 Å². The summed E-state index contributed by atoms with van der Waals surface area (Å²) < 4.78 is 0. The molecule has 2 aromatic carbocycles. The van der Waals surface area contributed by atoms with E-state index in [1.807, 2.05) is 31.2 Å². The molecule has 8 nitrogen and oxygen atoms in total. The van der Waals surface area contributed by atoms with Crippen molar-refractivity contribution in [2.24, 2.45) is 0 Å². The number of aromatic nitrogens is 2. The Morgan fingerprint density at radius 3 is 2.25 bits per heavy atom. The molecule has 0 aliphatic heterocycles. The molecule has 3 rings (SSSR count). The SMILES string of the molecule is Cc1cnc(-c2ccc(CC(NC(=O)c3ccccc3)C(=O)NCCC(=O)O)cc2)nc1. The summed E-state index contributed by atoms with van der Waals surface area (Å²) in [6.45, 7) is 1.90. The molecule has 3 N–H and O–H groups in total. The average Bonchev–Trinajstić information content (AvgIpc) is 2.80. The van der Waals surface area contributed by atoms with Crippen molar-refractivity contribution < 1.29 is 19.5 Å². The lowest BCUT2D eigenvalue weighted by atomic mass is 10.0. The Kier molecular flexibility index (Phi) is 7.64. The molecule has 8 heteroatoms. The van der Waals surface area contributed by atoms with E-state index < -0.39 is 17.9 Å². The summed E-state index contributed by atoms with van der Waals surface area (Å²) in [4.78, 5) is 44.6. The van der Waals surface area contributed by atoms with Crippen molar-refractivity contribution in [1.82, 2.24) is 20.6 Å². The van der Waals surface area contributed by atoms with Crippen molar-refractivity contribution in [1.29, 1.82) is 0 Å². The van der Waals surface area contributed by atoms with Crippen molar-refractivity contribution in [3.8, 4) is 11.4 Å². The number of amides is 2. The van der Waals surface area contributed by atoms with E-state index in [4.69, 9.17) is 5.11 Å². The van der Waals surface area contributed by atoms with Crippen LogP contribution >= 0.6 is 0 Å². The van der Waals surface area contributed by atoms with Crippen LogP contribution < -0.4 is 10.6 Å². The van der Waals surface area contributed by atoms with Gasteiger partial charge in [0.05, 0.1) is 6.42 Å². The smallest absolute Gasteiger partial charge is 0.305 e.